The number of para-hydroxylation sites is 1. The summed E-state index contributed by atoms with van der Waals surface area (Å²) in [6.45, 7) is 1.58. The van der Waals surface area contributed by atoms with E-state index in [0.29, 0.717) is 11.1 Å². The van der Waals surface area contributed by atoms with E-state index in [0.717, 1.165) is 5.56 Å². The van der Waals surface area contributed by atoms with Crippen LogP contribution in [0, 0.1) is 0 Å². The first-order valence-corrected chi connectivity index (χ1v) is 5.61. The molecule has 0 heterocycles. The molecule has 0 amide bonds. The van der Waals surface area contributed by atoms with Crippen LogP contribution in [0.4, 0.5) is 0 Å². The average molecular weight is 284 g/mol. The van der Waals surface area contributed by atoms with Gasteiger partial charge in [0.15, 0.2) is 0 Å². The number of hydrogen-bond donors (Lipinski definition) is 0. The van der Waals surface area contributed by atoms with E-state index < -0.39 is 4.52 Å². The van der Waals surface area contributed by atoms with Crippen LogP contribution in [0.15, 0.2) is 24.3 Å². The van der Waals surface area contributed by atoms with Gasteiger partial charge in [0.2, 0.25) is 0 Å². The molecule has 0 unspecified atom stereocenters. The molecule has 0 radical (unpaired) electrons. The van der Waals surface area contributed by atoms with Gasteiger partial charge in [-0.2, -0.15) is 0 Å². The zero-order chi connectivity index (χ0) is 9.90. The first-order valence-electron chi connectivity index (χ1n) is 3.73. The maximum absolute atomic E-state index is 5.72. The topological polar surface area (TPSA) is 9.23 Å². The first-order chi connectivity index (χ1) is 6.03. The van der Waals surface area contributed by atoms with Crippen LogP contribution >= 0.6 is 39.1 Å². The van der Waals surface area contributed by atoms with E-state index in [9.17, 15) is 0 Å². The molecule has 0 aliphatic heterocycles. The molecule has 4 heteroatoms. The quantitative estimate of drug-likeness (QED) is 0.759. The van der Waals surface area contributed by atoms with E-state index in [1.807, 2.05) is 24.3 Å². The molecule has 1 aromatic rings. The van der Waals surface area contributed by atoms with Crippen LogP contribution in [0.2, 0.25) is 0 Å². The summed E-state index contributed by atoms with van der Waals surface area (Å²) in [4.78, 5) is 0. The summed E-state index contributed by atoms with van der Waals surface area (Å²) in [5, 5.41) is 0.715. The fourth-order valence-electron chi connectivity index (χ4n) is 0.907. The number of ether oxygens (including phenoxy) is 1. The predicted molar refractivity (Wildman–Crippen MR) is 59.8 cm³/mol. The molecule has 0 spiro atoms. The Hall–Kier alpha value is 0.0800. The molecule has 0 atom stereocenters. The summed E-state index contributed by atoms with van der Waals surface area (Å²) in [5.41, 5.74) is 1.02. The van der Waals surface area contributed by atoms with Crippen molar-refractivity contribution in [2.75, 3.05) is 0 Å². The molecule has 1 nitrogen and oxygen atoms in total. The number of halogens is 3. The normalized spacial score (nSPS) is 11.4. The molecule has 0 aromatic heterocycles. The van der Waals surface area contributed by atoms with Crippen molar-refractivity contribution < 1.29 is 4.74 Å². The molecule has 0 aliphatic rings. The maximum Gasteiger partial charge on any atom is 0.255 e. The number of benzene rings is 1. The van der Waals surface area contributed by atoms with Gasteiger partial charge >= 0.3 is 0 Å². The smallest absolute Gasteiger partial charge is 0.255 e. The lowest BCUT2D eigenvalue weighted by molar-refractivity contribution is 0.260. The number of alkyl halides is 3. The highest BCUT2D eigenvalue weighted by molar-refractivity contribution is 9.08. The van der Waals surface area contributed by atoms with Crippen LogP contribution in [0.5, 0.6) is 5.75 Å². The Bertz CT molecular complexity index is 283. The minimum absolute atomic E-state index is 0.701. The van der Waals surface area contributed by atoms with Crippen molar-refractivity contribution in [3.8, 4) is 5.75 Å². The third-order valence-corrected chi connectivity index (χ3v) is 2.16. The zero-order valence-electron chi connectivity index (χ0n) is 7.06. The average Bonchev–Trinajstić information content (AvgIpc) is 2.02. The molecule has 0 fully saturated rings. The van der Waals surface area contributed by atoms with E-state index in [-0.39, 0.29) is 0 Å². The van der Waals surface area contributed by atoms with Crippen molar-refractivity contribution in [2.45, 2.75) is 16.8 Å². The monoisotopic (exact) mass is 282 g/mol. The lowest BCUT2D eigenvalue weighted by atomic mass is 10.2. The Morgan fingerprint density at radius 1 is 1.38 bits per heavy atom. The molecule has 1 aromatic carbocycles. The molecular formula is C9H9BrCl2O. The van der Waals surface area contributed by atoms with Gasteiger partial charge < -0.3 is 4.74 Å². The minimum atomic E-state index is -1.18. The summed E-state index contributed by atoms with van der Waals surface area (Å²) in [6.07, 6.45) is 0. The Kier molecular flexibility index (Phi) is 3.89. The van der Waals surface area contributed by atoms with E-state index in [4.69, 9.17) is 27.9 Å². The molecule has 13 heavy (non-hydrogen) atoms. The van der Waals surface area contributed by atoms with Gasteiger partial charge in [0.25, 0.3) is 4.52 Å². The van der Waals surface area contributed by atoms with Crippen LogP contribution in [-0.2, 0) is 5.33 Å². The molecule has 72 valence electrons. The van der Waals surface area contributed by atoms with Crippen molar-refractivity contribution in [3.63, 3.8) is 0 Å². The van der Waals surface area contributed by atoms with Crippen molar-refractivity contribution in [1.29, 1.82) is 0 Å². The van der Waals surface area contributed by atoms with Crippen LogP contribution in [0.3, 0.4) is 0 Å². The van der Waals surface area contributed by atoms with E-state index >= 15 is 0 Å². The third-order valence-electron chi connectivity index (χ3n) is 1.41. The molecule has 0 N–H and O–H groups in total. The Labute approximate surface area is 96.1 Å². The highest BCUT2D eigenvalue weighted by Crippen LogP contribution is 2.29. The molecule has 0 bridgehead atoms. The summed E-state index contributed by atoms with van der Waals surface area (Å²) in [6, 6.07) is 7.59. The highest BCUT2D eigenvalue weighted by Gasteiger charge is 2.19. The SMILES string of the molecule is CC(Cl)(Cl)Oc1ccccc1CBr. The van der Waals surface area contributed by atoms with E-state index in [2.05, 4.69) is 15.9 Å². The van der Waals surface area contributed by atoms with Gasteiger partial charge in [-0.25, -0.2) is 0 Å². The number of hydrogen-bond acceptors (Lipinski definition) is 1. The van der Waals surface area contributed by atoms with Crippen molar-refractivity contribution >= 4 is 39.1 Å². The largest absolute Gasteiger partial charge is 0.458 e. The van der Waals surface area contributed by atoms with Crippen molar-refractivity contribution in [1.82, 2.24) is 0 Å². The van der Waals surface area contributed by atoms with Gasteiger partial charge in [0.1, 0.15) is 5.75 Å². The summed E-state index contributed by atoms with van der Waals surface area (Å²) < 4.78 is 4.14. The fraction of sp³-hybridized carbons (Fsp3) is 0.333. The molecular weight excluding hydrogens is 275 g/mol. The van der Waals surface area contributed by atoms with Crippen LogP contribution < -0.4 is 4.74 Å². The van der Waals surface area contributed by atoms with Gasteiger partial charge in [-0.3, -0.25) is 0 Å². The van der Waals surface area contributed by atoms with Gasteiger partial charge in [-0.1, -0.05) is 57.3 Å². The minimum Gasteiger partial charge on any atom is -0.458 e. The molecule has 0 aliphatic carbocycles. The lowest BCUT2D eigenvalue weighted by Gasteiger charge is -2.17. The van der Waals surface area contributed by atoms with Crippen LogP contribution in [-0.4, -0.2) is 4.52 Å². The first kappa shape index (κ1) is 11.2. The van der Waals surface area contributed by atoms with E-state index in [1.165, 1.54) is 0 Å². The van der Waals surface area contributed by atoms with Crippen molar-refractivity contribution in [3.05, 3.63) is 29.8 Å². The zero-order valence-corrected chi connectivity index (χ0v) is 10.2. The van der Waals surface area contributed by atoms with Gasteiger partial charge in [-0.05, 0) is 6.07 Å². The predicted octanol–water partition coefficient (Wildman–Crippen LogP) is 4.11. The Balaban J connectivity index is 2.87. The fourth-order valence-corrected chi connectivity index (χ4v) is 1.54. The summed E-state index contributed by atoms with van der Waals surface area (Å²) in [5.74, 6) is 0.701. The third kappa shape index (κ3) is 3.75. The number of rotatable bonds is 3. The van der Waals surface area contributed by atoms with Crippen LogP contribution in [0.1, 0.15) is 12.5 Å². The van der Waals surface area contributed by atoms with Gasteiger partial charge in [0, 0.05) is 17.8 Å². The Morgan fingerprint density at radius 2 is 2.00 bits per heavy atom. The standard InChI is InChI=1S/C9H9BrCl2O/c1-9(11,12)13-8-5-3-2-4-7(8)6-10/h2-5H,6H2,1H3. The highest BCUT2D eigenvalue weighted by atomic mass is 79.9. The summed E-state index contributed by atoms with van der Waals surface area (Å²) >= 11 is 14.8. The Morgan fingerprint density at radius 3 is 2.54 bits per heavy atom. The van der Waals surface area contributed by atoms with Crippen LogP contribution in [0.25, 0.3) is 0 Å². The molecule has 1 rings (SSSR count). The lowest BCUT2D eigenvalue weighted by Crippen LogP contribution is -2.16. The van der Waals surface area contributed by atoms with E-state index in [1.54, 1.807) is 6.92 Å². The molecule has 0 saturated carbocycles. The van der Waals surface area contributed by atoms with Gasteiger partial charge in [0.05, 0.1) is 0 Å². The van der Waals surface area contributed by atoms with Crippen molar-refractivity contribution in [2.24, 2.45) is 0 Å². The summed E-state index contributed by atoms with van der Waals surface area (Å²) in [7, 11) is 0. The second-order valence-electron chi connectivity index (χ2n) is 2.65. The van der Waals surface area contributed by atoms with Gasteiger partial charge in [-0.15, -0.1) is 0 Å². The molecule has 0 saturated heterocycles. The second kappa shape index (κ2) is 4.54. The second-order valence-corrected chi connectivity index (χ2v) is 4.85. The maximum atomic E-state index is 5.72.